The molecule has 3 nitrogen and oxygen atoms in total. The van der Waals surface area contributed by atoms with Crippen LogP contribution in [0, 0.1) is 11.3 Å². The van der Waals surface area contributed by atoms with Gasteiger partial charge in [0.1, 0.15) is 6.07 Å². The van der Waals surface area contributed by atoms with Crippen molar-refractivity contribution in [2.24, 2.45) is 0 Å². The first kappa shape index (κ1) is 30.1. The lowest BCUT2D eigenvalue weighted by Gasteiger charge is -2.14. The molecule has 10 aromatic rings. The number of thiophene rings is 1. The molecule has 3 heterocycles. The molecule has 0 N–H and O–H groups in total. The lowest BCUT2D eigenvalue weighted by atomic mass is 9.97. The van der Waals surface area contributed by atoms with Crippen LogP contribution >= 0.6 is 11.3 Å². The standard InChI is InChI=1S/C48H29N3S/c49-30-41-36(33-23-25-48-40(26-33)38-17-8-10-21-47(38)52-48)18-11-20-45(41)51-44-19-9-7-16-37(44)39-27-34(22-24-46(39)51)43-29-35(31-12-3-1-4-13-31)28-42(50-43)32-14-5-2-6-15-32/h1-29H. The van der Waals surface area contributed by atoms with Crippen LogP contribution in [0.5, 0.6) is 0 Å². The van der Waals surface area contributed by atoms with Crippen LogP contribution in [-0.4, -0.2) is 9.55 Å². The van der Waals surface area contributed by atoms with E-state index in [0.717, 1.165) is 72.3 Å². The quantitative estimate of drug-likeness (QED) is 0.182. The minimum absolute atomic E-state index is 0.651. The van der Waals surface area contributed by atoms with E-state index < -0.39 is 0 Å². The summed E-state index contributed by atoms with van der Waals surface area (Å²) in [5.41, 5.74) is 11.8. The molecule has 0 bridgehead atoms. The molecule has 0 spiro atoms. The number of benzene rings is 7. The summed E-state index contributed by atoms with van der Waals surface area (Å²) < 4.78 is 4.77. The summed E-state index contributed by atoms with van der Waals surface area (Å²) in [4.78, 5) is 5.21. The van der Waals surface area contributed by atoms with Crippen molar-refractivity contribution in [2.45, 2.75) is 0 Å². The van der Waals surface area contributed by atoms with Gasteiger partial charge in [0.25, 0.3) is 0 Å². The van der Waals surface area contributed by atoms with Gasteiger partial charge in [0.2, 0.25) is 0 Å². The molecule has 0 radical (unpaired) electrons. The summed E-state index contributed by atoms with van der Waals surface area (Å²) >= 11 is 1.80. The minimum atomic E-state index is 0.651. The Morgan fingerprint density at radius 2 is 1.08 bits per heavy atom. The number of hydrogen-bond acceptors (Lipinski definition) is 3. The maximum atomic E-state index is 10.8. The molecule has 4 heteroatoms. The Morgan fingerprint density at radius 1 is 0.442 bits per heavy atom. The second kappa shape index (κ2) is 12.2. The fourth-order valence-electron chi connectivity index (χ4n) is 7.60. The van der Waals surface area contributed by atoms with Crippen LogP contribution in [0.4, 0.5) is 0 Å². The molecule has 7 aromatic carbocycles. The van der Waals surface area contributed by atoms with Gasteiger partial charge in [0.05, 0.1) is 33.7 Å². The highest BCUT2D eigenvalue weighted by Gasteiger charge is 2.19. The van der Waals surface area contributed by atoms with E-state index in [1.807, 2.05) is 12.1 Å². The van der Waals surface area contributed by atoms with E-state index in [9.17, 15) is 5.26 Å². The number of nitriles is 1. The first-order chi connectivity index (χ1) is 25.7. The molecule has 0 saturated heterocycles. The van der Waals surface area contributed by atoms with E-state index in [0.29, 0.717) is 5.56 Å². The number of aromatic nitrogens is 2. The molecule has 0 fully saturated rings. The highest BCUT2D eigenvalue weighted by Crippen LogP contribution is 2.40. The van der Waals surface area contributed by atoms with Crippen LogP contribution in [0.25, 0.3) is 92.4 Å². The number of hydrogen-bond donors (Lipinski definition) is 0. The van der Waals surface area contributed by atoms with Gasteiger partial charge < -0.3 is 4.57 Å². The third-order valence-electron chi connectivity index (χ3n) is 10.1. The number of rotatable bonds is 5. The van der Waals surface area contributed by atoms with Crippen molar-refractivity contribution in [1.82, 2.24) is 9.55 Å². The summed E-state index contributed by atoms with van der Waals surface area (Å²) in [7, 11) is 0. The highest BCUT2D eigenvalue weighted by molar-refractivity contribution is 7.25. The van der Waals surface area contributed by atoms with Crippen molar-refractivity contribution in [3.8, 4) is 56.5 Å². The summed E-state index contributed by atoms with van der Waals surface area (Å²) in [5, 5.41) is 15.5. The Kier molecular flexibility index (Phi) is 7.06. The van der Waals surface area contributed by atoms with E-state index in [1.165, 1.54) is 20.2 Å². The van der Waals surface area contributed by atoms with Crippen molar-refractivity contribution in [3.63, 3.8) is 0 Å². The maximum absolute atomic E-state index is 10.8. The largest absolute Gasteiger partial charge is 0.308 e. The Morgan fingerprint density at radius 3 is 1.88 bits per heavy atom. The van der Waals surface area contributed by atoms with Crippen molar-refractivity contribution in [2.75, 3.05) is 0 Å². The first-order valence-electron chi connectivity index (χ1n) is 17.4. The Labute approximate surface area is 304 Å². The molecule has 3 aromatic heterocycles. The van der Waals surface area contributed by atoms with Gasteiger partial charge in [-0.15, -0.1) is 11.3 Å². The van der Waals surface area contributed by atoms with Gasteiger partial charge in [0, 0.05) is 47.6 Å². The monoisotopic (exact) mass is 679 g/mol. The fourth-order valence-corrected chi connectivity index (χ4v) is 8.69. The zero-order valence-corrected chi connectivity index (χ0v) is 28.8. The highest BCUT2D eigenvalue weighted by atomic mass is 32.1. The van der Waals surface area contributed by atoms with Gasteiger partial charge >= 0.3 is 0 Å². The molecule has 0 atom stereocenters. The zero-order chi connectivity index (χ0) is 34.6. The second-order valence-electron chi connectivity index (χ2n) is 13.1. The zero-order valence-electron chi connectivity index (χ0n) is 28.0. The molecule has 0 aliphatic rings. The summed E-state index contributed by atoms with van der Waals surface area (Å²) in [5.74, 6) is 0. The molecule has 0 amide bonds. The van der Waals surface area contributed by atoms with Gasteiger partial charge in [-0.1, -0.05) is 121 Å². The Balaban J connectivity index is 1.16. The predicted octanol–water partition coefficient (Wildman–Crippen LogP) is 13.1. The Hall–Kier alpha value is -6.80. The van der Waals surface area contributed by atoms with E-state index >= 15 is 0 Å². The molecular weight excluding hydrogens is 651 g/mol. The molecule has 0 aliphatic heterocycles. The number of fused-ring (bicyclic) bond motifs is 6. The second-order valence-corrected chi connectivity index (χ2v) is 14.1. The van der Waals surface area contributed by atoms with Crippen LogP contribution in [-0.2, 0) is 0 Å². The fraction of sp³-hybridized carbons (Fsp3) is 0. The van der Waals surface area contributed by atoms with E-state index in [4.69, 9.17) is 4.98 Å². The van der Waals surface area contributed by atoms with Crippen molar-refractivity contribution in [1.29, 1.82) is 5.26 Å². The summed E-state index contributed by atoms with van der Waals surface area (Å²) in [6.45, 7) is 0. The van der Waals surface area contributed by atoms with E-state index in [-0.39, 0.29) is 0 Å². The van der Waals surface area contributed by atoms with Crippen molar-refractivity contribution >= 4 is 53.3 Å². The van der Waals surface area contributed by atoms with Gasteiger partial charge in [0.15, 0.2) is 0 Å². The molecule has 52 heavy (non-hydrogen) atoms. The summed E-state index contributed by atoms with van der Waals surface area (Å²) in [6.07, 6.45) is 0. The molecular formula is C48H29N3S. The van der Waals surface area contributed by atoms with Crippen LogP contribution in [0.1, 0.15) is 5.56 Å². The summed E-state index contributed by atoms with van der Waals surface area (Å²) in [6, 6.07) is 64.2. The molecule has 0 saturated carbocycles. The topological polar surface area (TPSA) is 41.6 Å². The van der Waals surface area contributed by atoms with Crippen LogP contribution in [0.15, 0.2) is 176 Å². The third-order valence-corrected chi connectivity index (χ3v) is 11.2. The van der Waals surface area contributed by atoms with Gasteiger partial charge in [-0.25, -0.2) is 4.98 Å². The van der Waals surface area contributed by atoms with E-state index in [1.54, 1.807) is 11.3 Å². The van der Waals surface area contributed by atoms with Gasteiger partial charge in [-0.3, -0.25) is 0 Å². The smallest absolute Gasteiger partial charge is 0.102 e. The van der Waals surface area contributed by atoms with Gasteiger partial charge in [-0.05, 0) is 71.3 Å². The average Bonchev–Trinajstić information content (AvgIpc) is 3.76. The third kappa shape index (κ3) is 4.91. The Bertz CT molecular complexity index is 2960. The van der Waals surface area contributed by atoms with Crippen LogP contribution in [0.3, 0.4) is 0 Å². The first-order valence-corrected chi connectivity index (χ1v) is 18.2. The average molecular weight is 680 g/mol. The van der Waals surface area contributed by atoms with Crippen LogP contribution < -0.4 is 0 Å². The molecule has 0 unspecified atom stereocenters. The lowest BCUT2D eigenvalue weighted by Crippen LogP contribution is -1.99. The molecule has 10 rings (SSSR count). The molecule has 0 aliphatic carbocycles. The maximum Gasteiger partial charge on any atom is 0.102 e. The minimum Gasteiger partial charge on any atom is -0.308 e. The van der Waals surface area contributed by atoms with E-state index in [2.05, 4.69) is 174 Å². The SMILES string of the molecule is N#Cc1c(-c2ccc3sc4ccccc4c3c2)cccc1-n1c2ccccc2c2cc(-c3cc(-c4ccccc4)cc(-c4ccccc4)n3)ccc21. The van der Waals surface area contributed by atoms with Crippen LogP contribution in [0.2, 0.25) is 0 Å². The number of nitrogens with zero attached hydrogens (tertiary/aromatic N) is 3. The predicted molar refractivity (Wildman–Crippen MR) is 218 cm³/mol. The van der Waals surface area contributed by atoms with Crippen molar-refractivity contribution < 1.29 is 0 Å². The normalized spacial score (nSPS) is 11.4. The van der Waals surface area contributed by atoms with Crippen molar-refractivity contribution in [3.05, 3.63) is 181 Å². The lowest BCUT2D eigenvalue weighted by molar-refractivity contribution is 1.17. The number of para-hydroxylation sites is 1. The van der Waals surface area contributed by atoms with Gasteiger partial charge in [-0.2, -0.15) is 5.26 Å². The molecule has 242 valence electrons. The number of pyridine rings is 1.